The molecule has 1 aromatic heterocycles. The fourth-order valence-electron chi connectivity index (χ4n) is 3.73. The molecule has 0 saturated carbocycles. The normalized spacial score (nSPS) is 40.5. The van der Waals surface area contributed by atoms with E-state index >= 15 is 0 Å². The molecular weight excluding hydrogens is 362 g/mol. The molecule has 144 valence electrons. The van der Waals surface area contributed by atoms with Crippen molar-refractivity contribution >= 4 is 17.3 Å². The number of carbonyl (C=O) groups is 1. The molecule has 0 N–H and O–H groups in total. The number of hydrogen-bond acceptors (Lipinski definition) is 9. The quantitative estimate of drug-likeness (QED) is 0.730. The molecule has 0 aliphatic carbocycles. The van der Waals surface area contributed by atoms with E-state index in [1.807, 2.05) is 27.7 Å². The second-order valence-corrected chi connectivity index (χ2v) is 8.46. The van der Waals surface area contributed by atoms with Crippen LogP contribution in [0.15, 0.2) is 11.6 Å². The van der Waals surface area contributed by atoms with Crippen molar-refractivity contribution in [2.24, 2.45) is 0 Å². The minimum absolute atomic E-state index is 0.346. The van der Waals surface area contributed by atoms with Crippen molar-refractivity contribution < 1.29 is 33.2 Å². The maximum absolute atomic E-state index is 11.9. The topological polar surface area (TPSA) is 85.3 Å². The molecule has 1 aromatic rings. The minimum Gasteiger partial charge on any atom is -0.423 e. The van der Waals surface area contributed by atoms with Crippen LogP contribution in [0, 0.1) is 0 Å². The molecule has 3 aliphatic rings. The number of thiazole rings is 1. The Bertz CT molecular complexity index is 691. The van der Waals surface area contributed by atoms with E-state index < -0.39 is 41.6 Å². The molecule has 9 heteroatoms. The minimum atomic E-state index is -1.47. The van der Waals surface area contributed by atoms with Crippen LogP contribution in [-0.2, 0) is 39.0 Å². The van der Waals surface area contributed by atoms with Gasteiger partial charge in [0.25, 0.3) is 5.79 Å². The van der Waals surface area contributed by atoms with Gasteiger partial charge in [0, 0.05) is 18.5 Å². The predicted octanol–water partition coefficient (Wildman–Crippen LogP) is 1.93. The monoisotopic (exact) mass is 385 g/mol. The van der Waals surface area contributed by atoms with E-state index in [9.17, 15) is 4.79 Å². The van der Waals surface area contributed by atoms with E-state index in [4.69, 9.17) is 28.4 Å². The Kier molecular flexibility index (Phi) is 4.18. The van der Waals surface area contributed by atoms with Crippen LogP contribution in [-0.4, -0.2) is 53.6 Å². The molecule has 0 unspecified atom stereocenters. The highest BCUT2D eigenvalue weighted by Gasteiger charge is 2.69. The lowest BCUT2D eigenvalue weighted by Gasteiger charge is -2.32. The Morgan fingerprint density at radius 2 is 1.92 bits per heavy atom. The highest BCUT2D eigenvalue weighted by atomic mass is 32.1. The number of carbonyl (C=O) groups excluding carboxylic acids is 1. The Labute approximate surface area is 155 Å². The van der Waals surface area contributed by atoms with Crippen LogP contribution in [0.3, 0.4) is 0 Å². The number of rotatable bonds is 3. The standard InChI is InChI=1S/C17H23NO7S/c1-9(19)21-17(14-18-6-7-26-14)13-12(23-16(4,5)25-13)11(24-17)10-8-20-15(2,3)22-10/h6-7,10-13H,8H2,1-5H3/t10-,11-,12+,13+,17+/m1/s1. The fraction of sp³-hybridized carbons (Fsp3) is 0.765. The largest absolute Gasteiger partial charge is 0.423 e. The summed E-state index contributed by atoms with van der Waals surface area (Å²) in [4.78, 5) is 16.2. The van der Waals surface area contributed by atoms with E-state index in [0.717, 1.165) is 0 Å². The highest BCUT2D eigenvalue weighted by Crippen LogP contribution is 2.52. The molecule has 4 heterocycles. The van der Waals surface area contributed by atoms with Gasteiger partial charge in [0.05, 0.1) is 6.61 Å². The van der Waals surface area contributed by atoms with E-state index in [2.05, 4.69) is 4.98 Å². The highest BCUT2D eigenvalue weighted by molar-refractivity contribution is 7.09. The first-order chi connectivity index (χ1) is 12.1. The molecule has 0 bridgehead atoms. The van der Waals surface area contributed by atoms with E-state index in [1.54, 1.807) is 11.6 Å². The first-order valence-corrected chi connectivity index (χ1v) is 9.45. The van der Waals surface area contributed by atoms with Crippen molar-refractivity contribution in [3.05, 3.63) is 16.6 Å². The van der Waals surface area contributed by atoms with Crippen LogP contribution >= 0.6 is 11.3 Å². The van der Waals surface area contributed by atoms with Crippen LogP contribution in [0.4, 0.5) is 0 Å². The number of esters is 1. The van der Waals surface area contributed by atoms with Gasteiger partial charge in [0.15, 0.2) is 22.7 Å². The number of ether oxygens (including phenoxy) is 6. The van der Waals surface area contributed by atoms with E-state index in [-0.39, 0.29) is 6.10 Å². The first kappa shape index (κ1) is 18.3. The second kappa shape index (κ2) is 5.95. The number of fused-ring (bicyclic) bond motifs is 1. The maximum atomic E-state index is 11.9. The Balaban J connectivity index is 1.74. The summed E-state index contributed by atoms with van der Waals surface area (Å²) in [5, 5.41) is 2.30. The summed E-state index contributed by atoms with van der Waals surface area (Å²) in [5.74, 6) is -3.53. The molecule has 3 fully saturated rings. The van der Waals surface area contributed by atoms with Gasteiger partial charge in [-0.2, -0.15) is 0 Å². The molecular formula is C17H23NO7S. The van der Waals surface area contributed by atoms with Gasteiger partial charge in [-0.15, -0.1) is 11.3 Å². The average molecular weight is 385 g/mol. The van der Waals surface area contributed by atoms with Crippen LogP contribution in [0.5, 0.6) is 0 Å². The number of hydrogen-bond donors (Lipinski definition) is 0. The summed E-state index contributed by atoms with van der Waals surface area (Å²) in [7, 11) is 0. The summed E-state index contributed by atoms with van der Waals surface area (Å²) in [6, 6.07) is 0. The number of aromatic nitrogens is 1. The van der Waals surface area contributed by atoms with Gasteiger partial charge in [-0.3, -0.25) is 4.79 Å². The lowest BCUT2D eigenvalue weighted by Crippen LogP contribution is -2.44. The fourth-order valence-corrected chi connectivity index (χ4v) is 4.47. The SMILES string of the molecule is CC(=O)O[C@]1(c2nccs2)O[C@H]([C@H]2COC(C)(C)O2)[C@@H]2OC(C)(C)O[C@@H]21. The third-order valence-electron chi connectivity index (χ3n) is 4.56. The average Bonchev–Trinajstić information content (AvgIpc) is 3.24. The summed E-state index contributed by atoms with van der Waals surface area (Å²) < 4.78 is 35.8. The molecule has 26 heavy (non-hydrogen) atoms. The van der Waals surface area contributed by atoms with Crippen molar-refractivity contribution in [3.63, 3.8) is 0 Å². The van der Waals surface area contributed by atoms with Gasteiger partial charge in [-0.25, -0.2) is 4.98 Å². The lowest BCUT2D eigenvalue weighted by molar-refractivity contribution is -0.298. The Morgan fingerprint density at radius 1 is 1.15 bits per heavy atom. The molecule has 0 radical (unpaired) electrons. The zero-order valence-corrected chi connectivity index (χ0v) is 16.2. The van der Waals surface area contributed by atoms with Crippen molar-refractivity contribution in [1.82, 2.24) is 4.98 Å². The molecule has 0 amide bonds. The first-order valence-electron chi connectivity index (χ1n) is 8.57. The third kappa shape index (κ3) is 2.96. The zero-order valence-electron chi connectivity index (χ0n) is 15.4. The van der Waals surface area contributed by atoms with Crippen LogP contribution in [0.1, 0.15) is 39.6 Å². The maximum Gasteiger partial charge on any atom is 0.305 e. The third-order valence-corrected chi connectivity index (χ3v) is 5.43. The molecule has 4 rings (SSSR count). The van der Waals surface area contributed by atoms with Crippen molar-refractivity contribution in [2.45, 2.75) is 76.4 Å². The summed E-state index contributed by atoms with van der Waals surface area (Å²) >= 11 is 1.33. The van der Waals surface area contributed by atoms with Gasteiger partial charge >= 0.3 is 5.97 Å². The number of nitrogens with zero attached hydrogens (tertiary/aromatic N) is 1. The molecule has 0 aromatic carbocycles. The Hall–Kier alpha value is -1.10. The van der Waals surface area contributed by atoms with Crippen molar-refractivity contribution in [2.75, 3.05) is 6.61 Å². The van der Waals surface area contributed by atoms with Crippen molar-refractivity contribution in [3.8, 4) is 0 Å². The van der Waals surface area contributed by atoms with Gasteiger partial charge in [-0.1, -0.05) is 0 Å². The van der Waals surface area contributed by atoms with E-state index in [0.29, 0.717) is 11.6 Å². The van der Waals surface area contributed by atoms with Gasteiger partial charge < -0.3 is 28.4 Å². The van der Waals surface area contributed by atoms with Crippen LogP contribution in [0.2, 0.25) is 0 Å². The molecule has 8 nitrogen and oxygen atoms in total. The van der Waals surface area contributed by atoms with Gasteiger partial charge in [-0.05, 0) is 27.7 Å². The molecule has 3 saturated heterocycles. The smallest absolute Gasteiger partial charge is 0.305 e. The summed E-state index contributed by atoms with van der Waals surface area (Å²) in [6.45, 7) is 9.00. The summed E-state index contributed by atoms with van der Waals surface area (Å²) in [6.07, 6.45) is -0.435. The lowest BCUT2D eigenvalue weighted by atomic mass is 10.0. The zero-order chi connectivity index (χ0) is 18.7. The Morgan fingerprint density at radius 3 is 2.50 bits per heavy atom. The summed E-state index contributed by atoms with van der Waals surface area (Å²) in [5.41, 5.74) is 0. The molecule has 0 spiro atoms. The predicted molar refractivity (Wildman–Crippen MR) is 89.2 cm³/mol. The van der Waals surface area contributed by atoms with Crippen LogP contribution < -0.4 is 0 Å². The molecule has 3 aliphatic heterocycles. The molecule has 5 atom stereocenters. The van der Waals surface area contributed by atoms with Crippen LogP contribution in [0.25, 0.3) is 0 Å². The second-order valence-electron chi connectivity index (χ2n) is 7.57. The van der Waals surface area contributed by atoms with E-state index in [1.165, 1.54) is 18.3 Å². The van der Waals surface area contributed by atoms with Crippen molar-refractivity contribution in [1.29, 1.82) is 0 Å². The van der Waals surface area contributed by atoms with Gasteiger partial charge in [0.2, 0.25) is 0 Å². The van der Waals surface area contributed by atoms with Gasteiger partial charge in [0.1, 0.15) is 18.3 Å².